The lowest BCUT2D eigenvalue weighted by Crippen LogP contribution is -2.69. The van der Waals surface area contributed by atoms with Crippen molar-refractivity contribution in [1.29, 1.82) is 0 Å². The van der Waals surface area contributed by atoms with Crippen molar-refractivity contribution < 1.29 is 9.59 Å². The molecule has 2 unspecified atom stereocenters. The molecule has 1 aliphatic heterocycles. The molecular formula is C12H20N2O2. The summed E-state index contributed by atoms with van der Waals surface area (Å²) >= 11 is 0. The fraction of sp³-hybridized carbons (Fsp3) is 0.833. The minimum absolute atomic E-state index is 0.0116. The zero-order valence-corrected chi connectivity index (χ0v) is 10.2. The van der Waals surface area contributed by atoms with Gasteiger partial charge in [-0.25, -0.2) is 0 Å². The maximum Gasteiger partial charge on any atom is 0.248 e. The highest BCUT2D eigenvalue weighted by Crippen LogP contribution is 2.42. The monoisotopic (exact) mass is 224 g/mol. The van der Waals surface area contributed by atoms with Gasteiger partial charge in [-0.05, 0) is 39.0 Å². The van der Waals surface area contributed by atoms with Crippen LogP contribution in [0.2, 0.25) is 0 Å². The van der Waals surface area contributed by atoms with Crippen LogP contribution in [0, 0.1) is 5.92 Å². The van der Waals surface area contributed by atoms with Gasteiger partial charge in [0.25, 0.3) is 0 Å². The molecule has 0 aromatic carbocycles. The Morgan fingerprint density at radius 2 is 2.06 bits per heavy atom. The molecule has 0 aromatic rings. The average Bonchev–Trinajstić information content (AvgIpc) is 3.05. The smallest absolute Gasteiger partial charge is 0.248 e. The first-order chi connectivity index (χ1) is 7.50. The number of hydrogen-bond donors (Lipinski definition) is 1. The van der Waals surface area contributed by atoms with E-state index in [-0.39, 0.29) is 17.9 Å². The number of piperazine rings is 1. The van der Waals surface area contributed by atoms with Gasteiger partial charge in [0.2, 0.25) is 11.8 Å². The second-order valence-corrected chi connectivity index (χ2v) is 5.14. The quantitative estimate of drug-likeness (QED) is 0.774. The van der Waals surface area contributed by atoms with Crippen LogP contribution in [-0.2, 0) is 9.59 Å². The van der Waals surface area contributed by atoms with Gasteiger partial charge in [0, 0.05) is 6.54 Å². The molecule has 0 radical (unpaired) electrons. The van der Waals surface area contributed by atoms with Gasteiger partial charge in [-0.1, -0.05) is 6.92 Å². The van der Waals surface area contributed by atoms with Crippen molar-refractivity contribution >= 4 is 11.8 Å². The van der Waals surface area contributed by atoms with E-state index in [9.17, 15) is 9.59 Å². The second-order valence-electron chi connectivity index (χ2n) is 5.14. The first-order valence-corrected chi connectivity index (χ1v) is 6.13. The van der Waals surface area contributed by atoms with Crippen LogP contribution in [0.3, 0.4) is 0 Å². The van der Waals surface area contributed by atoms with Crippen LogP contribution < -0.4 is 5.32 Å². The minimum Gasteiger partial charge on any atom is -0.340 e. The number of amides is 2. The SMILES string of the molecule is CCCN1C(=O)C(C)(C2CC2)NC(=O)C1C. The van der Waals surface area contributed by atoms with E-state index < -0.39 is 5.54 Å². The number of nitrogens with one attached hydrogen (secondary N) is 1. The fourth-order valence-electron chi connectivity index (χ4n) is 2.50. The van der Waals surface area contributed by atoms with Crippen LogP contribution in [-0.4, -0.2) is 34.8 Å². The zero-order chi connectivity index (χ0) is 11.9. The summed E-state index contributed by atoms with van der Waals surface area (Å²) in [4.78, 5) is 26.0. The van der Waals surface area contributed by atoms with E-state index in [1.807, 2.05) is 13.8 Å². The maximum atomic E-state index is 12.4. The topological polar surface area (TPSA) is 49.4 Å². The summed E-state index contributed by atoms with van der Waals surface area (Å²) in [5.74, 6) is 0.433. The molecule has 2 amide bonds. The van der Waals surface area contributed by atoms with Crippen molar-refractivity contribution in [3.8, 4) is 0 Å². The fourth-order valence-corrected chi connectivity index (χ4v) is 2.50. The van der Waals surface area contributed by atoms with E-state index in [2.05, 4.69) is 5.32 Å². The molecule has 0 bridgehead atoms. The van der Waals surface area contributed by atoms with Crippen LogP contribution in [0.1, 0.15) is 40.0 Å². The lowest BCUT2D eigenvalue weighted by molar-refractivity contribution is -0.154. The molecule has 1 N–H and O–H groups in total. The summed E-state index contributed by atoms with van der Waals surface area (Å²) in [5.41, 5.74) is -0.640. The van der Waals surface area contributed by atoms with Crippen LogP contribution in [0.25, 0.3) is 0 Å². The summed E-state index contributed by atoms with van der Waals surface area (Å²) in [5, 5.41) is 2.91. The van der Waals surface area contributed by atoms with E-state index in [0.29, 0.717) is 12.5 Å². The molecule has 0 aromatic heterocycles. The standard InChI is InChI=1S/C12H20N2O2/c1-4-7-14-8(2)10(15)13-12(3,11(14)16)9-5-6-9/h8-9H,4-7H2,1-3H3,(H,13,15). The van der Waals surface area contributed by atoms with Crippen molar-refractivity contribution in [2.24, 2.45) is 5.92 Å². The molecule has 2 atom stereocenters. The van der Waals surface area contributed by atoms with Gasteiger partial charge in [0.1, 0.15) is 11.6 Å². The van der Waals surface area contributed by atoms with Crippen molar-refractivity contribution in [1.82, 2.24) is 10.2 Å². The van der Waals surface area contributed by atoms with E-state index in [4.69, 9.17) is 0 Å². The van der Waals surface area contributed by atoms with Gasteiger partial charge in [-0.3, -0.25) is 9.59 Å². The summed E-state index contributed by atoms with van der Waals surface area (Å²) < 4.78 is 0. The van der Waals surface area contributed by atoms with Crippen LogP contribution in [0.5, 0.6) is 0 Å². The van der Waals surface area contributed by atoms with Crippen molar-refractivity contribution in [2.75, 3.05) is 6.54 Å². The third-order valence-electron chi connectivity index (χ3n) is 3.79. The van der Waals surface area contributed by atoms with E-state index in [1.54, 1.807) is 11.8 Å². The van der Waals surface area contributed by atoms with Gasteiger partial charge >= 0.3 is 0 Å². The Balaban J connectivity index is 2.24. The lowest BCUT2D eigenvalue weighted by atomic mass is 9.89. The van der Waals surface area contributed by atoms with Crippen LogP contribution in [0.15, 0.2) is 0 Å². The van der Waals surface area contributed by atoms with Crippen LogP contribution in [0.4, 0.5) is 0 Å². The van der Waals surface area contributed by atoms with Gasteiger partial charge in [-0.15, -0.1) is 0 Å². The molecule has 0 spiro atoms. The number of carbonyl (C=O) groups is 2. The van der Waals surface area contributed by atoms with E-state index in [0.717, 1.165) is 19.3 Å². The average molecular weight is 224 g/mol. The predicted octanol–water partition coefficient (Wildman–Crippen LogP) is 0.912. The second kappa shape index (κ2) is 3.75. The molecule has 4 nitrogen and oxygen atoms in total. The molecule has 1 saturated heterocycles. The Kier molecular flexibility index (Phi) is 2.68. The number of carbonyl (C=O) groups excluding carboxylic acids is 2. The van der Waals surface area contributed by atoms with Crippen molar-refractivity contribution in [2.45, 2.75) is 51.6 Å². The van der Waals surface area contributed by atoms with Gasteiger partial charge in [0.05, 0.1) is 0 Å². The lowest BCUT2D eigenvalue weighted by Gasteiger charge is -2.43. The number of hydrogen-bond acceptors (Lipinski definition) is 2. The molecule has 1 aliphatic carbocycles. The first kappa shape index (κ1) is 11.4. The Morgan fingerprint density at radius 1 is 1.44 bits per heavy atom. The molecule has 16 heavy (non-hydrogen) atoms. The molecule has 2 aliphatic rings. The van der Waals surface area contributed by atoms with Gasteiger partial charge in [-0.2, -0.15) is 0 Å². The normalized spacial score (nSPS) is 35.2. The Bertz CT molecular complexity index is 325. The molecule has 4 heteroatoms. The van der Waals surface area contributed by atoms with Crippen molar-refractivity contribution in [3.63, 3.8) is 0 Å². The third-order valence-corrected chi connectivity index (χ3v) is 3.79. The predicted molar refractivity (Wildman–Crippen MR) is 60.7 cm³/mol. The molecule has 90 valence electrons. The summed E-state index contributed by atoms with van der Waals surface area (Å²) in [6.45, 7) is 6.38. The first-order valence-electron chi connectivity index (χ1n) is 6.13. The summed E-state index contributed by atoms with van der Waals surface area (Å²) in [6, 6.07) is -0.320. The highest BCUT2D eigenvalue weighted by molar-refractivity contribution is 5.99. The molecule has 1 heterocycles. The summed E-state index contributed by atoms with van der Waals surface area (Å²) in [7, 11) is 0. The highest BCUT2D eigenvalue weighted by Gasteiger charge is 2.54. The Morgan fingerprint density at radius 3 is 2.56 bits per heavy atom. The molecule has 2 fully saturated rings. The zero-order valence-electron chi connectivity index (χ0n) is 10.2. The van der Waals surface area contributed by atoms with Gasteiger partial charge < -0.3 is 10.2 Å². The van der Waals surface area contributed by atoms with Crippen molar-refractivity contribution in [3.05, 3.63) is 0 Å². The minimum atomic E-state index is -0.640. The number of rotatable bonds is 3. The molecule has 1 saturated carbocycles. The highest BCUT2D eigenvalue weighted by atomic mass is 16.2. The third kappa shape index (κ3) is 1.60. The molecular weight excluding hydrogens is 204 g/mol. The Labute approximate surface area is 96.4 Å². The van der Waals surface area contributed by atoms with Crippen LogP contribution >= 0.6 is 0 Å². The van der Waals surface area contributed by atoms with E-state index >= 15 is 0 Å². The molecule has 2 rings (SSSR count). The van der Waals surface area contributed by atoms with E-state index in [1.165, 1.54) is 0 Å². The van der Waals surface area contributed by atoms with Gasteiger partial charge in [0.15, 0.2) is 0 Å². The largest absolute Gasteiger partial charge is 0.340 e. The number of nitrogens with zero attached hydrogens (tertiary/aromatic N) is 1. The maximum absolute atomic E-state index is 12.4. The summed E-state index contributed by atoms with van der Waals surface area (Å²) in [6.07, 6.45) is 3.00. The Hall–Kier alpha value is -1.06.